The van der Waals surface area contributed by atoms with Crippen molar-refractivity contribution in [2.45, 2.75) is 0 Å². The van der Waals surface area contributed by atoms with Gasteiger partial charge in [-0.25, -0.2) is 15.0 Å². The summed E-state index contributed by atoms with van der Waals surface area (Å²) in [6, 6.07) is 60.2. The number of pyridine rings is 1. The maximum atomic E-state index is 9.62. The molecule has 6 nitrogen and oxygen atoms in total. The summed E-state index contributed by atoms with van der Waals surface area (Å²) in [5.41, 5.74) is 10.1. The molecule has 0 atom stereocenters. The highest BCUT2D eigenvalue weighted by Gasteiger charge is 2.20. The number of nitrogens with zero attached hydrogens (tertiary/aromatic N) is 6. The van der Waals surface area contributed by atoms with Crippen molar-refractivity contribution in [3.05, 3.63) is 175 Å². The summed E-state index contributed by atoms with van der Waals surface area (Å²) >= 11 is 0. The number of rotatable bonds is 5. The zero-order valence-electron chi connectivity index (χ0n) is 27.8. The van der Waals surface area contributed by atoms with Crippen LogP contribution in [0.3, 0.4) is 0 Å². The van der Waals surface area contributed by atoms with Crippen LogP contribution in [0.2, 0.25) is 0 Å². The van der Waals surface area contributed by atoms with Gasteiger partial charge in [0, 0.05) is 38.4 Å². The van der Waals surface area contributed by atoms with Crippen molar-refractivity contribution in [1.29, 1.82) is 5.26 Å². The van der Waals surface area contributed by atoms with Gasteiger partial charge in [-0.3, -0.25) is 4.57 Å². The van der Waals surface area contributed by atoms with Gasteiger partial charge in [0.2, 0.25) is 0 Å². The van der Waals surface area contributed by atoms with E-state index in [1.165, 1.54) is 16.3 Å². The van der Waals surface area contributed by atoms with E-state index < -0.39 is 0 Å². The second kappa shape index (κ2) is 11.9. The molecule has 0 saturated carbocycles. The van der Waals surface area contributed by atoms with Crippen LogP contribution in [-0.2, 0) is 0 Å². The Morgan fingerprint density at radius 2 is 1.00 bits per heavy atom. The highest BCUT2D eigenvalue weighted by molar-refractivity contribution is 6.19. The van der Waals surface area contributed by atoms with E-state index in [0.29, 0.717) is 17.1 Å². The lowest BCUT2D eigenvalue weighted by molar-refractivity contribution is 1.06. The predicted molar refractivity (Wildman–Crippen MR) is 210 cm³/mol. The monoisotopic (exact) mass is 664 g/mol. The maximum absolute atomic E-state index is 9.62. The standard InChI is InChI=1S/C46H28N6/c47-29-30-13-11-16-32(25-30)40-27-39(31-14-3-1-4-15-31)49-46(50-40)38-21-12-24-45(48-38)52-42-23-10-8-20-35(42)37-26-36-34-19-7-9-22-41(34)51(43(36)28-44(37)52)33-17-5-2-6-18-33/h1-28H. The Labute approximate surface area is 299 Å². The van der Waals surface area contributed by atoms with Crippen molar-refractivity contribution in [2.24, 2.45) is 0 Å². The van der Waals surface area contributed by atoms with Gasteiger partial charge in [0.1, 0.15) is 11.5 Å². The van der Waals surface area contributed by atoms with Gasteiger partial charge in [0.15, 0.2) is 5.82 Å². The largest absolute Gasteiger partial charge is 0.309 e. The highest BCUT2D eigenvalue weighted by atomic mass is 15.1. The summed E-state index contributed by atoms with van der Waals surface area (Å²) in [4.78, 5) is 15.4. The Bertz CT molecular complexity index is 3020. The average molecular weight is 665 g/mol. The predicted octanol–water partition coefficient (Wildman–Crippen LogP) is 10.9. The molecule has 0 fully saturated rings. The van der Waals surface area contributed by atoms with Crippen molar-refractivity contribution in [3.63, 3.8) is 0 Å². The minimum Gasteiger partial charge on any atom is -0.309 e. The summed E-state index contributed by atoms with van der Waals surface area (Å²) in [7, 11) is 0. The highest BCUT2D eigenvalue weighted by Crippen LogP contribution is 2.39. The fraction of sp³-hybridized carbons (Fsp3) is 0. The summed E-state index contributed by atoms with van der Waals surface area (Å²) in [5, 5.41) is 14.4. The first kappa shape index (κ1) is 29.5. The molecule has 0 N–H and O–H groups in total. The van der Waals surface area contributed by atoms with Gasteiger partial charge in [0.05, 0.1) is 45.1 Å². The third-order valence-electron chi connectivity index (χ3n) is 9.76. The SMILES string of the molecule is N#Cc1cccc(-c2cc(-c3ccccc3)nc(-c3cccc(-n4c5ccccc5c5cc6c7ccccc7n(-c7ccccc7)c6cc54)n3)n2)c1. The second-order valence-electron chi connectivity index (χ2n) is 12.8. The number of hydrogen-bond donors (Lipinski definition) is 0. The normalized spacial score (nSPS) is 11.4. The van der Waals surface area contributed by atoms with E-state index in [-0.39, 0.29) is 0 Å². The molecule has 0 saturated heterocycles. The molecule has 0 aliphatic carbocycles. The average Bonchev–Trinajstić information content (AvgIpc) is 3.72. The zero-order valence-corrected chi connectivity index (χ0v) is 27.8. The molecule has 242 valence electrons. The van der Waals surface area contributed by atoms with Crippen LogP contribution >= 0.6 is 0 Å². The van der Waals surface area contributed by atoms with Crippen LogP contribution in [0.25, 0.3) is 89.2 Å². The maximum Gasteiger partial charge on any atom is 0.179 e. The van der Waals surface area contributed by atoms with Crippen LogP contribution in [0.4, 0.5) is 0 Å². The van der Waals surface area contributed by atoms with E-state index in [0.717, 1.165) is 61.3 Å². The molecular formula is C46H28N6. The van der Waals surface area contributed by atoms with E-state index in [1.54, 1.807) is 6.07 Å². The Kier molecular flexibility index (Phi) is 6.76. The van der Waals surface area contributed by atoms with Crippen LogP contribution < -0.4 is 0 Å². The molecule has 52 heavy (non-hydrogen) atoms. The van der Waals surface area contributed by atoms with Crippen molar-refractivity contribution in [1.82, 2.24) is 24.1 Å². The molecule has 0 radical (unpaired) electrons. The summed E-state index contributed by atoms with van der Waals surface area (Å²) in [6.07, 6.45) is 0. The quantitative estimate of drug-likeness (QED) is 0.184. The van der Waals surface area contributed by atoms with E-state index in [1.807, 2.05) is 72.8 Å². The number of hydrogen-bond acceptors (Lipinski definition) is 4. The molecule has 10 rings (SSSR count). The zero-order chi connectivity index (χ0) is 34.6. The van der Waals surface area contributed by atoms with Crippen molar-refractivity contribution in [2.75, 3.05) is 0 Å². The lowest BCUT2D eigenvalue weighted by atomic mass is 10.1. The Balaban J connectivity index is 1.21. The minimum atomic E-state index is 0.507. The molecule has 0 aliphatic heterocycles. The topological polar surface area (TPSA) is 72.3 Å². The van der Waals surface area contributed by atoms with Crippen LogP contribution in [0, 0.1) is 11.3 Å². The van der Waals surface area contributed by atoms with Gasteiger partial charge in [0.25, 0.3) is 0 Å². The number of fused-ring (bicyclic) bond motifs is 6. The Morgan fingerprint density at radius 1 is 0.404 bits per heavy atom. The van der Waals surface area contributed by atoms with Crippen LogP contribution in [0.15, 0.2) is 170 Å². The van der Waals surface area contributed by atoms with Crippen molar-refractivity contribution < 1.29 is 0 Å². The molecule has 4 aromatic heterocycles. The lowest BCUT2D eigenvalue weighted by Gasteiger charge is -2.12. The van der Waals surface area contributed by atoms with Gasteiger partial charge in [-0.05, 0) is 66.7 Å². The fourth-order valence-electron chi connectivity index (χ4n) is 7.42. The molecule has 0 spiro atoms. The Hall–Kier alpha value is -7.36. The second-order valence-corrected chi connectivity index (χ2v) is 12.8. The minimum absolute atomic E-state index is 0.507. The Morgan fingerprint density at radius 3 is 1.73 bits per heavy atom. The first-order valence-corrected chi connectivity index (χ1v) is 17.2. The number of nitriles is 1. The first-order chi connectivity index (χ1) is 25.7. The number of benzene rings is 6. The number of aromatic nitrogens is 5. The van der Waals surface area contributed by atoms with Gasteiger partial charge >= 0.3 is 0 Å². The molecule has 0 bridgehead atoms. The van der Waals surface area contributed by atoms with E-state index >= 15 is 0 Å². The summed E-state index contributed by atoms with van der Waals surface area (Å²) < 4.78 is 4.60. The van der Waals surface area contributed by atoms with Crippen LogP contribution in [0.1, 0.15) is 5.56 Å². The lowest BCUT2D eigenvalue weighted by Crippen LogP contribution is -2.02. The third-order valence-corrected chi connectivity index (χ3v) is 9.76. The molecule has 6 heteroatoms. The van der Waals surface area contributed by atoms with E-state index in [4.69, 9.17) is 15.0 Å². The molecule has 4 heterocycles. The van der Waals surface area contributed by atoms with Gasteiger partial charge < -0.3 is 4.57 Å². The van der Waals surface area contributed by atoms with E-state index in [2.05, 4.69) is 106 Å². The van der Waals surface area contributed by atoms with Gasteiger partial charge in [-0.2, -0.15) is 5.26 Å². The molecule has 10 aromatic rings. The van der Waals surface area contributed by atoms with Crippen molar-refractivity contribution in [3.8, 4) is 51.6 Å². The van der Waals surface area contributed by atoms with Gasteiger partial charge in [-0.15, -0.1) is 0 Å². The molecular weight excluding hydrogens is 637 g/mol. The summed E-state index contributed by atoms with van der Waals surface area (Å²) in [6.45, 7) is 0. The number of para-hydroxylation sites is 3. The smallest absolute Gasteiger partial charge is 0.179 e. The fourth-order valence-corrected chi connectivity index (χ4v) is 7.42. The molecule has 0 aliphatic rings. The van der Waals surface area contributed by atoms with Crippen LogP contribution in [-0.4, -0.2) is 24.1 Å². The summed E-state index contributed by atoms with van der Waals surface area (Å²) in [5.74, 6) is 1.28. The van der Waals surface area contributed by atoms with Crippen LogP contribution in [0.5, 0.6) is 0 Å². The van der Waals surface area contributed by atoms with Gasteiger partial charge in [-0.1, -0.05) is 103 Å². The van der Waals surface area contributed by atoms with E-state index in [9.17, 15) is 5.26 Å². The molecule has 0 unspecified atom stereocenters. The third kappa shape index (κ3) is 4.76. The van der Waals surface area contributed by atoms with Crippen molar-refractivity contribution >= 4 is 43.6 Å². The molecule has 0 amide bonds. The first-order valence-electron chi connectivity index (χ1n) is 17.2. The molecule has 6 aromatic carbocycles.